The first kappa shape index (κ1) is 15.3. The molecular formula is C16H16ClN3OS. The number of carbonyl (C=O) groups is 1. The zero-order valence-corrected chi connectivity index (χ0v) is 13.8. The smallest absolute Gasteiger partial charge is 0.274 e. The highest BCUT2D eigenvalue weighted by atomic mass is 35.5. The summed E-state index contributed by atoms with van der Waals surface area (Å²) < 4.78 is 0. The summed E-state index contributed by atoms with van der Waals surface area (Å²) in [5.41, 5.74) is 2.31. The Labute approximate surface area is 138 Å². The fourth-order valence-electron chi connectivity index (χ4n) is 2.46. The van der Waals surface area contributed by atoms with Gasteiger partial charge in [-0.05, 0) is 24.6 Å². The topological polar surface area (TPSA) is 46.1 Å². The summed E-state index contributed by atoms with van der Waals surface area (Å²) in [6.45, 7) is 2.57. The Morgan fingerprint density at radius 2 is 2.05 bits per heavy atom. The number of benzene rings is 1. The number of hydrogen-bond donors (Lipinski definition) is 0. The van der Waals surface area contributed by atoms with Gasteiger partial charge >= 0.3 is 0 Å². The van der Waals surface area contributed by atoms with E-state index in [0.717, 1.165) is 22.8 Å². The Bertz CT molecular complexity index is 660. The molecule has 4 nitrogen and oxygen atoms in total. The van der Waals surface area contributed by atoms with E-state index >= 15 is 0 Å². The lowest BCUT2D eigenvalue weighted by atomic mass is 10.1. The minimum Gasteiger partial charge on any atom is -0.329 e. The van der Waals surface area contributed by atoms with E-state index in [-0.39, 0.29) is 11.9 Å². The predicted octanol–water partition coefficient (Wildman–Crippen LogP) is 3.37. The molecule has 2 aromatic rings. The third-order valence-electron chi connectivity index (χ3n) is 3.64. The van der Waals surface area contributed by atoms with Crippen molar-refractivity contribution in [2.45, 2.75) is 13.0 Å². The first-order valence-electron chi connectivity index (χ1n) is 7.08. The van der Waals surface area contributed by atoms with Crippen LogP contribution in [0.2, 0.25) is 5.02 Å². The quantitative estimate of drug-likeness (QED) is 0.845. The highest BCUT2D eigenvalue weighted by Gasteiger charge is 2.29. The number of hydrogen-bond acceptors (Lipinski definition) is 4. The third kappa shape index (κ3) is 3.25. The summed E-state index contributed by atoms with van der Waals surface area (Å²) in [4.78, 5) is 23.0. The standard InChI is InChI=1S/C16H16ClN3OS/c1-11-8-19-14(9-18-11)16(21)20-6-7-22-10-15(20)12-2-4-13(17)5-3-12/h2-5,8-9,15H,6-7,10H2,1H3/t15-/m1/s1. The molecule has 0 unspecified atom stereocenters. The van der Waals surface area contributed by atoms with Crippen molar-refractivity contribution in [2.24, 2.45) is 0 Å². The molecule has 114 valence electrons. The van der Waals surface area contributed by atoms with Gasteiger partial charge in [0.15, 0.2) is 0 Å². The van der Waals surface area contributed by atoms with Gasteiger partial charge in [-0.3, -0.25) is 9.78 Å². The van der Waals surface area contributed by atoms with Crippen LogP contribution in [-0.2, 0) is 0 Å². The maximum atomic E-state index is 12.7. The summed E-state index contributed by atoms with van der Waals surface area (Å²) in [7, 11) is 0. The van der Waals surface area contributed by atoms with E-state index in [1.54, 1.807) is 12.4 Å². The van der Waals surface area contributed by atoms with Crippen molar-refractivity contribution >= 4 is 29.3 Å². The Balaban J connectivity index is 1.87. The molecule has 1 amide bonds. The van der Waals surface area contributed by atoms with Crippen LogP contribution in [0.25, 0.3) is 0 Å². The molecule has 6 heteroatoms. The number of rotatable bonds is 2. The van der Waals surface area contributed by atoms with Gasteiger partial charge in [0.2, 0.25) is 0 Å². The molecule has 0 saturated carbocycles. The minimum atomic E-state index is -0.0623. The van der Waals surface area contributed by atoms with Crippen molar-refractivity contribution in [3.8, 4) is 0 Å². The lowest BCUT2D eigenvalue weighted by Gasteiger charge is -2.35. The Morgan fingerprint density at radius 3 is 2.73 bits per heavy atom. The average Bonchev–Trinajstić information content (AvgIpc) is 2.56. The van der Waals surface area contributed by atoms with Gasteiger partial charge in [-0.1, -0.05) is 23.7 Å². The fraction of sp³-hybridized carbons (Fsp3) is 0.312. The highest BCUT2D eigenvalue weighted by Crippen LogP contribution is 2.31. The van der Waals surface area contributed by atoms with Crippen LogP contribution < -0.4 is 0 Å². The molecule has 1 aliphatic rings. The van der Waals surface area contributed by atoms with Crippen molar-refractivity contribution in [3.05, 3.63) is 58.6 Å². The van der Waals surface area contributed by atoms with Crippen LogP contribution in [0.1, 0.15) is 27.8 Å². The second-order valence-corrected chi connectivity index (χ2v) is 6.77. The molecule has 1 aromatic heterocycles. The van der Waals surface area contributed by atoms with Gasteiger partial charge in [0.25, 0.3) is 5.91 Å². The van der Waals surface area contributed by atoms with Crippen molar-refractivity contribution in [3.63, 3.8) is 0 Å². The molecule has 1 saturated heterocycles. The summed E-state index contributed by atoms with van der Waals surface area (Å²) in [6.07, 6.45) is 3.18. The molecule has 1 fully saturated rings. The van der Waals surface area contributed by atoms with Gasteiger partial charge in [0.1, 0.15) is 5.69 Å². The van der Waals surface area contributed by atoms with E-state index in [2.05, 4.69) is 9.97 Å². The molecule has 1 aromatic carbocycles. The van der Waals surface area contributed by atoms with Gasteiger partial charge in [0.05, 0.1) is 17.9 Å². The first-order chi connectivity index (χ1) is 10.6. The lowest BCUT2D eigenvalue weighted by Crippen LogP contribution is -2.41. The lowest BCUT2D eigenvalue weighted by molar-refractivity contribution is 0.0695. The summed E-state index contributed by atoms with van der Waals surface area (Å²) >= 11 is 7.81. The number of amides is 1. The second kappa shape index (κ2) is 6.67. The van der Waals surface area contributed by atoms with E-state index in [0.29, 0.717) is 17.3 Å². The molecule has 22 heavy (non-hydrogen) atoms. The van der Waals surface area contributed by atoms with Crippen LogP contribution in [0.15, 0.2) is 36.7 Å². The summed E-state index contributed by atoms with van der Waals surface area (Å²) in [5.74, 6) is 1.76. The third-order valence-corrected chi connectivity index (χ3v) is 4.92. The normalized spacial score (nSPS) is 18.3. The van der Waals surface area contributed by atoms with E-state index in [1.165, 1.54) is 0 Å². The zero-order chi connectivity index (χ0) is 15.5. The van der Waals surface area contributed by atoms with Gasteiger partial charge in [0, 0.05) is 29.3 Å². The van der Waals surface area contributed by atoms with Crippen LogP contribution >= 0.6 is 23.4 Å². The maximum absolute atomic E-state index is 12.7. The number of thioether (sulfide) groups is 1. The Morgan fingerprint density at radius 1 is 1.27 bits per heavy atom. The number of carbonyl (C=O) groups excluding carboxylic acids is 1. The number of nitrogens with zero attached hydrogens (tertiary/aromatic N) is 3. The fourth-order valence-corrected chi connectivity index (χ4v) is 3.67. The molecule has 0 bridgehead atoms. The molecule has 1 atom stereocenters. The summed E-state index contributed by atoms with van der Waals surface area (Å²) in [6, 6.07) is 7.75. The van der Waals surface area contributed by atoms with Gasteiger partial charge in [-0.15, -0.1) is 0 Å². The van der Waals surface area contributed by atoms with Crippen LogP contribution in [-0.4, -0.2) is 38.8 Å². The van der Waals surface area contributed by atoms with E-state index in [1.807, 2.05) is 47.9 Å². The average molecular weight is 334 g/mol. The van der Waals surface area contributed by atoms with E-state index in [4.69, 9.17) is 11.6 Å². The van der Waals surface area contributed by atoms with Crippen LogP contribution in [0.4, 0.5) is 0 Å². The van der Waals surface area contributed by atoms with Crippen molar-refractivity contribution in [1.29, 1.82) is 0 Å². The number of aromatic nitrogens is 2. The van der Waals surface area contributed by atoms with Gasteiger partial charge in [-0.25, -0.2) is 4.98 Å². The molecule has 2 heterocycles. The second-order valence-electron chi connectivity index (χ2n) is 5.18. The zero-order valence-electron chi connectivity index (χ0n) is 12.2. The van der Waals surface area contributed by atoms with Crippen molar-refractivity contribution < 1.29 is 4.79 Å². The van der Waals surface area contributed by atoms with Crippen molar-refractivity contribution in [1.82, 2.24) is 14.9 Å². The monoisotopic (exact) mass is 333 g/mol. The van der Waals surface area contributed by atoms with E-state index < -0.39 is 0 Å². The maximum Gasteiger partial charge on any atom is 0.274 e. The molecule has 0 spiro atoms. The van der Waals surface area contributed by atoms with E-state index in [9.17, 15) is 4.79 Å². The first-order valence-corrected chi connectivity index (χ1v) is 8.61. The SMILES string of the molecule is Cc1cnc(C(=O)N2CCSC[C@@H]2c2ccc(Cl)cc2)cn1. The minimum absolute atomic E-state index is 0.0478. The highest BCUT2D eigenvalue weighted by molar-refractivity contribution is 7.99. The van der Waals surface area contributed by atoms with Crippen molar-refractivity contribution in [2.75, 3.05) is 18.1 Å². The molecule has 0 N–H and O–H groups in total. The molecule has 0 aliphatic carbocycles. The Kier molecular flexibility index (Phi) is 4.64. The number of halogens is 1. The number of aryl methyl sites for hydroxylation is 1. The molecule has 1 aliphatic heterocycles. The van der Waals surface area contributed by atoms with Crippen LogP contribution in [0.3, 0.4) is 0 Å². The predicted molar refractivity (Wildman–Crippen MR) is 89.3 cm³/mol. The largest absolute Gasteiger partial charge is 0.329 e. The van der Waals surface area contributed by atoms with Crippen LogP contribution in [0.5, 0.6) is 0 Å². The molecule has 3 rings (SSSR count). The molecule has 0 radical (unpaired) electrons. The molecular weight excluding hydrogens is 318 g/mol. The van der Waals surface area contributed by atoms with Gasteiger partial charge in [-0.2, -0.15) is 11.8 Å². The van der Waals surface area contributed by atoms with Gasteiger partial charge < -0.3 is 4.90 Å². The Hall–Kier alpha value is -1.59. The summed E-state index contributed by atoms with van der Waals surface area (Å²) in [5, 5.41) is 0.703. The van der Waals surface area contributed by atoms with Crippen LogP contribution in [0, 0.1) is 6.92 Å².